The van der Waals surface area contributed by atoms with Crippen molar-refractivity contribution >= 4 is 39.7 Å². The number of hydrogen-bond acceptors (Lipinski definition) is 4. The zero-order valence-corrected chi connectivity index (χ0v) is 16.4. The third-order valence-electron chi connectivity index (χ3n) is 4.32. The van der Waals surface area contributed by atoms with Gasteiger partial charge in [-0.3, -0.25) is 4.31 Å². The molecule has 3 rings (SSSR count). The number of halogens is 1. The van der Waals surface area contributed by atoms with Crippen LogP contribution in [-0.2, 0) is 10.2 Å². The fourth-order valence-electron chi connectivity index (χ4n) is 3.08. The zero-order valence-electron chi connectivity index (χ0n) is 14.8. The van der Waals surface area contributed by atoms with Crippen molar-refractivity contribution in [1.82, 2.24) is 5.32 Å². The Morgan fingerprint density at radius 1 is 1.04 bits per heavy atom. The quantitative estimate of drug-likeness (QED) is 0.785. The number of anilines is 3. The molecule has 6 nitrogen and oxygen atoms in total. The second-order valence-electron chi connectivity index (χ2n) is 6.12. The number of fused-ring (bicyclic) bond motifs is 1. The Labute approximate surface area is 161 Å². The number of para-hydroxylation sites is 3. The van der Waals surface area contributed by atoms with Crippen LogP contribution in [0.25, 0.3) is 0 Å². The smallest absolute Gasteiger partial charge is 0.330 e. The van der Waals surface area contributed by atoms with Crippen LogP contribution in [0.3, 0.4) is 0 Å². The molecule has 0 saturated carbocycles. The number of aliphatic hydroxyl groups is 1. The highest BCUT2D eigenvalue weighted by molar-refractivity contribution is 7.95. The summed E-state index contributed by atoms with van der Waals surface area (Å²) in [6.07, 6.45) is -0.240. The number of aliphatic hydroxyl groups excluding tert-OH is 1. The first kappa shape index (κ1) is 20.5. The highest BCUT2D eigenvalue weighted by atomic mass is 35.5. The molecule has 2 N–H and O–H groups in total. The van der Waals surface area contributed by atoms with Crippen molar-refractivity contribution in [2.45, 2.75) is 19.4 Å². The molecule has 26 heavy (non-hydrogen) atoms. The molecule has 0 aliphatic carbocycles. The predicted molar refractivity (Wildman–Crippen MR) is 108 cm³/mol. The monoisotopic (exact) mass is 397 g/mol. The molecule has 0 amide bonds. The Kier molecular flexibility index (Phi) is 6.52. The van der Waals surface area contributed by atoms with Crippen molar-refractivity contribution in [3.05, 3.63) is 54.1 Å². The number of benzene rings is 2. The molecule has 0 bridgehead atoms. The van der Waals surface area contributed by atoms with Gasteiger partial charge in [-0.25, -0.2) is 4.31 Å². The Balaban J connectivity index is 0.00000243. The molecule has 1 atom stereocenters. The molecule has 2 aromatic carbocycles. The summed E-state index contributed by atoms with van der Waals surface area (Å²) in [6.45, 7) is 2.55. The van der Waals surface area contributed by atoms with Gasteiger partial charge in [0.1, 0.15) is 0 Å². The third kappa shape index (κ3) is 3.66. The molecule has 0 unspecified atom stereocenters. The number of nitrogens with one attached hydrogen (secondary N) is 1. The number of nitrogens with zero attached hydrogens (tertiary/aromatic N) is 2. The van der Waals surface area contributed by atoms with Crippen LogP contribution in [0.2, 0.25) is 0 Å². The summed E-state index contributed by atoms with van der Waals surface area (Å²) in [5, 5.41) is 12.9. The molecule has 0 fully saturated rings. The number of hydrogen-bond donors (Lipinski definition) is 2. The van der Waals surface area contributed by atoms with Crippen LogP contribution in [0, 0.1) is 6.92 Å². The van der Waals surface area contributed by atoms with Crippen LogP contribution in [0.5, 0.6) is 0 Å². The van der Waals surface area contributed by atoms with Crippen molar-refractivity contribution in [2.24, 2.45) is 0 Å². The van der Waals surface area contributed by atoms with Crippen molar-refractivity contribution in [2.75, 3.05) is 28.7 Å². The van der Waals surface area contributed by atoms with Gasteiger partial charge in [-0.1, -0.05) is 30.3 Å². The van der Waals surface area contributed by atoms with Gasteiger partial charge in [-0.15, -0.1) is 12.4 Å². The van der Waals surface area contributed by atoms with Crippen molar-refractivity contribution in [3.8, 4) is 0 Å². The van der Waals surface area contributed by atoms with Crippen molar-refractivity contribution < 1.29 is 13.5 Å². The molecule has 1 aliphatic rings. The summed E-state index contributed by atoms with van der Waals surface area (Å²) >= 11 is 0. The summed E-state index contributed by atoms with van der Waals surface area (Å²) in [5.74, 6) is 0. The lowest BCUT2D eigenvalue weighted by molar-refractivity contribution is 0.167. The first-order valence-corrected chi connectivity index (χ1v) is 9.67. The molecular weight excluding hydrogens is 374 g/mol. The predicted octanol–water partition coefficient (Wildman–Crippen LogP) is 2.59. The molecule has 8 heteroatoms. The van der Waals surface area contributed by atoms with Gasteiger partial charge in [-0.05, 0) is 44.2 Å². The number of aryl methyl sites for hydroxylation is 1. The Hall–Kier alpha value is -1.80. The highest BCUT2D eigenvalue weighted by Gasteiger charge is 2.41. The fourth-order valence-corrected chi connectivity index (χ4v) is 4.87. The van der Waals surface area contributed by atoms with Gasteiger partial charge in [-0.2, -0.15) is 8.42 Å². The van der Waals surface area contributed by atoms with E-state index < -0.39 is 16.3 Å². The lowest BCUT2D eigenvalue weighted by atomic mass is 10.2. The van der Waals surface area contributed by atoms with Gasteiger partial charge in [0.15, 0.2) is 0 Å². The maximum atomic E-state index is 13.2. The average molecular weight is 398 g/mol. The Morgan fingerprint density at radius 3 is 2.23 bits per heavy atom. The minimum absolute atomic E-state index is 0. The minimum Gasteiger partial charge on any atom is -0.392 e. The maximum Gasteiger partial charge on any atom is 0.330 e. The normalized spacial score (nSPS) is 16.1. The van der Waals surface area contributed by atoms with E-state index in [-0.39, 0.29) is 19.0 Å². The van der Waals surface area contributed by atoms with Gasteiger partial charge >= 0.3 is 10.2 Å². The highest BCUT2D eigenvalue weighted by Crippen LogP contribution is 2.45. The van der Waals surface area contributed by atoms with Crippen molar-refractivity contribution in [1.29, 1.82) is 0 Å². The lowest BCUT2D eigenvalue weighted by Crippen LogP contribution is -2.38. The molecular formula is C18H24ClN3O3S. The van der Waals surface area contributed by atoms with E-state index in [4.69, 9.17) is 0 Å². The van der Waals surface area contributed by atoms with Crippen LogP contribution in [0.1, 0.15) is 12.0 Å². The van der Waals surface area contributed by atoms with Crippen LogP contribution in [-0.4, -0.2) is 39.8 Å². The van der Waals surface area contributed by atoms with Crippen LogP contribution >= 0.6 is 12.4 Å². The third-order valence-corrected chi connectivity index (χ3v) is 6.11. The van der Waals surface area contributed by atoms with Crippen LogP contribution in [0.4, 0.5) is 17.1 Å². The van der Waals surface area contributed by atoms with Gasteiger partial charge in [0.05, 0.1) is 23.2 Å². The average Bonchev–Trinajstić information content (AvgIpc) is 2.80. The van der Waals surface area contributed by atoms with E-state index in [1.165, 1.54) is 8.61 Å². The standard InChI is InChI=1S/C18H23N3O3S.ClH/c1-14-7-3-4-8-16(14)21-18-10-6-5-9-17(18)20(25(21,23)24)12-11-15(22)13-19-2;/h3-10,15,19,22H,11-13H2,1-2H3;1H/t15-;/m1./s1. The van der Waals surface area contributed by atoms with E-state index in [0.717, 1.165) is 5.56 Å². The minimum atomic E-state index is -3.74. The molecule has 0 radical (unpaired) electrons. The van der Waals surface area contributed by atoms with Crippen molar-refractivity contribution in [3.63, 3.8) is 0 Å². The van der Waals surface area contributed by atoms with E-state index >= 15 is 0 Å². The summed E-state index contributed by atoms with van der Waals surface area (Å²) in [7, 11) is -1.98. The molecule has 1 heterocycles. The van der Waals surface area contributed by atoms with E-state index in [9.17, 15) is 13.5 Å². The molecule has 0 aromatic heterocycles. The van der Waals surface area contributed by atoms with Gasteiger partial charge < -0.3 is 10.4 Å². The number of likely N-dealkylation sites (N-methyl/N-ethyl adjacent to an activating group) is 1. The molecule has 0 spiro atoms. The van der Waals surface area contributed by atoms with Crippen LogP contribution < -0.4 is 13.9 Å². The molecule has 2 aromatic rings. The second-order valence-corrected chi connectivity index (χ2v) is 7.82. The van der Waals surface area contributed by atoms with Crippen LogP contribution in [0.15, 0.2) is 48.5 Å². The maximum absolute atomic E-state index is 13.2. The SMILES string of the molecule is CNC[C@H](O)CCN1c2ccccc2N(c2ccccc2C)S1(=O)=O.Cl. The lowest BCUT2D eigenvalue weighted by Gasteiger charge is -2.23. The molecule has 1 aliphatic heterocycles. The van der Waals surface area contributed by atoms with E-state index in [1.54, 1.807) is 13.1 Å². The van der Waals surface area contributed by atoms with Gasteiger partial charge in [0.25, 0.3) is 0 Å². The van der Waals surface area contributed by atoms with Gasteiger partial charge in [0, 0.05) is 13.1 Å². The van der Waals surface area contributed by atoms with E-state index in [0.29, 0.717) is 30.0 Å². The molecule has 142 valence electrons. The Bertz CT molecular complexity index is 860. The topological polar surface area (TPSA) is 72.9 Å². The molecule has 0 saturated heterocycles. The zero-order chi connectivity index (χ0) is 18.0. The summed E-state index contributed by atoms with van der Waals surface area (Å²) in [6, 6.07) is 14.7. The summed E-state index contributed by atoms with van der Waals surface area (Å²) < 4.78 is 29.2. The fraction of sp³-hybridized carbons (Fsp3) is 0.333. The van der Waals surface area contributed by atoms with Gasteiger partial charge in [0.2, 0.25) is 0 Å². The second kappa shape index (κ2) is 8.26. The van der Waals surface area contributed by atoms with E-state index in [1.807, 2.05) is 49.4 Å². The van der Waals surface area contributed by atoms with E-state index in [2.05, 4.69) is 5.32 Å². The summed E-state index contributed by atoms with van der Waals surface area (Å²) in [5.41, 5.74) is 2.81. The first-order chi connectivity index (χ1) is 12.0. The largest absolute Gasteiger partial charge is 0.392 e. The summed E-state index contributed by atoms with van der Waals surface area (Å²) in [4.78, 5) is 0. The Morgan fingerprint density at radius 2 is 1.62 bits per heavy atom. The number of rotatable bonds is 6. The first-order valence-electron chi connectivity index (χ1n) is 8.27.